The summed E-state index contributed by atoms with van der Waals surface area (Å²) >= 11 is 3.61. The van der Waals surface area contributed by atoms with E-state index in [-0.39, 0.29) is 17.0 Å². The molecule has 5 heteroatoms. The number of hydrogen-bond donors (Lipinski definition) is 0. The Hall–Kier alpha value is -0.653. The van der Waals surface area contributed by atoms with Gasteiger partial charge < -0.3 is 9.33 Å². The zero-order chi connectivity index (χ0) is 18.3. The highest BCUT2D eigenvalue weighted by molar-refractivity contribution is 9.10. The Morgan fingerprint density at radius 1 is 1.25 bits per heavy atom. The first-order valence-corrected chi connectivity index (χ1v) is 12.4. The lowest BCUT2D eigenvalue weighted by molar-refractivity contribution is -0.117. The Kier molecular flexibility index (Phi) is 5.68. The smallest absolute Gasteiger partial charge is 0.227 e. The molecule has 1 atom stereocenters. The minimum atomic E-state index is -1.80. The largest absolute Gasteiger partial charge is 0.415 e. The summed E-state index contributed by atoms with van der Waals surface area (Å²) in [7, 11) is -1.80. The van der Waals surface area contributed by atoms with Crippen molar-refractivity contribution in [1.82, 2.24) is 0 Å². The summed E-state index contributed by atoms with van der Waals surface area (Å²) in [6.45, 7) is 16.1. The van der Waals surface area contributed by atoms with E-state index in [1.54, 1.807) is 0 Å². The van der Waals surface area contributed by atoms with Crippen molar-refractivity contribution in [3.05, 3.63) is 27.7 Å². The third kappa shape index (κ3) is 3.94. The van der Waals surface area contributed by atoms with Crippen LogP contribution in [0.1, 0.15) is 44.7 Å². The summed E-state index contributed by atoms with van der Waals surface area (Å²) in [5, 5.41) is 0.186. The van der Waals surface area contributed by atoms with E-state index < -0.39 is 8.32 Å². The average Bonchev–Trinajstić information content (AvgIpc) is 2.82. The van der Waals surface area contributed by atoms with E-state index in [9.17, 15) is 4.79 Å². The summed E-state index contributed by atoms with van der Waals surface area (Å²) in [6, 6.07) is 4.34. The molecule has 3 nitrogen and oxygen atoms in total. The third-order valence-electron chi connectivity index (χ3n) is 5.47. The molecular formula is C19H30BrNO2Si. The third-order valence-corrected chi connectivity index (χ3v) is 11.2. The highest BCUT2D eigenvalue weighted by Crippen LogP contribution is 2.38. The summed E-state index contributed by atoms with van der Waals surface area (Å²) < 4.78 is 7.52. The highest BCUT2D eigenvalue weighted by Gasteiger charge is 2.40. The second-order valence-electron chi connectivity index (χ2n) is 8.42. The van der Waals surface area contributed by atoms with Crippen molar-refractivity contribution in [3.63, 3.8) is 0 Å². The SMILES string of the molecule is Cc1cc(N2C(=O)CC[C@@H]2CO[Si](C)(C)C(C)(C)C)cc(C)c1Br. The van der Waals surface area contributed by atoms with Crippen molar-refractivity contribution in [2.75, 3.05) is 11.5 Å². The van der Waals surface area contributed by atoms with E-state index in [0.29, 0.717) is 13.0 Å². The topological polar surface area (TPSA) is 29.5 Å². The van der Waals surface area contributed by atoms with Crippen molar-refractivity contribution < 1.29 is 9.22 Å². The molecule has 0 aromatic heterocycles. The highest BCUT2D eigenvalue weighted by atomic mass is 79.9. The molecule has 1 aromatic rings. The number of halogens is 1. The molecule has 2 rings (SSSR count). The maximum atomic E-state index is 12.5. The summed E-state index contributed by atoms with van der Waals surface area (Å²) in [5.41, 5.74) is 3.32. The van der Waals surface area contributed by atoms with E-state index in [2.05, 4.69) is 75.8 Å². The van der Waals surface area contributed by atoms with E-state index in [0.717, 1.165) is 27.7 Å². The van der Waals surface area contributed by atoms with E-state index in [4.69, 9.17) is 4.43 Å². The number of nitrogens with zero attached hydrogens (tertiary/aromatic N) is 1. The standard InChI is InChI=1S/C19H30BrNO2Si/c1-13-10-16(11-14(2)18(13)20)21-15(8-9-17(21)22)12-23-24(6,7)19(3,4)5/h10-11,15H,8-9,12H2,1-7H3/t15-/m1/s1. The van der Waals surface area contributed by atoms with Crippen molar-refractivity contribution >= 4 is 35.8 Å². The van der Waals surface area contributed by atoms with Gasteiger partial charge in [-0.1, -0.05) is 36.7 Å². The van der Waals surface area contributed by atoms with Crippen LogP contribution in [0, 0.1) is 13.8 Å². The van der Waals surface area contributed by atoms with Gasteiger partial charge in [0.15, 0.2) is 8.32 Å². The van der Waals surface area contributed by atoms with Crippen molar-refractivity contribution in [2.24, 2.45) is 0 Å². The van der Waals surface area contributed by atoms with Crippen molar-refractivity contribution in [1.29, 1.82) is 0 Å². The minimum Gasteiger partial charge on any atom is -0.415 e. The van der Waals surface area contributed by atoms with Crippen LogP contribution in [0.2, 0.25) is 18.1 Å². The second-order valence-corrected chi connectivity index (χ2v) is 14.0. The Morgan fingerprint density at radius 2 is 1.79 bits per heavy atom. The summed E-state index contributed by atoms with van der Waals surface area (Å²) in [5.74, 6) is 0.208. The van der Waals surface area contributed by atoms with Gasteiger partial charge in [0.05, 0.1) is 12.6 Å². The maximum Gasteiger partial charge on any atom is 0.227 e. The molecule has 1 fully saturated rings. The van der Waals surface area contributed by atoms with Crippen LogP contribution in [-0.4, -0.2) is 26.9 Å². The number of hydrogen-bond acceptors (Lipinski definition) is 2. The van der Waals surface area contributed by atoms with Gasteiger partial charge in [-0.2, -0.15) is 0 Å². The van der Waals surface area contributed by atoms with Gasteiger partial charge in [-0.15, -0.1) is 0 Å². The predicted octanol–water partition coefficient (Wildman–Crippen LogP) is 5.58. The number of benzene rings is 1. The van der Waals surface area contributed by atoms with Gasteiger partial charge in [0.2, 0.25) is 5.91 Å². The van der Waals surface area contributed by atoms with Crippen LogP contribution in [-0.2, 0) is 9.22 Å². The molecular weight excluding hydrogens is 382 g/mol. The first-order chi connectivity index (χ1) is 10.9. The van der Waals surface area contributed by atoms with Gasteiger partial charge >= 0.3 is 0 Å². The van der Waals surface area contributed by atoms with Crippen LogP contribution in [0.3, 0.4) is 0 Å². The maximum absolute atomic E-state index is 12.5. The van der Waals surface area contributed by atoms with Crippen molar-refractivity contribution in [3.8, 4) is 0 Å². The predicted molar refractivity (Wildman–Crippen MR) is 107 cm³/mol. The van der Waals surface area contributed by atoms with Crippen LogP contribution in [0.5, 0.6) is 0 Å². The van der Waals surface area contributed by atoms with Gasteiger partial charge in [-0.3, -0.25) is 4.79 Å². The molecule has 1 saturated heterocycles. The number of rotatable bonds is 4. The first-order valence-electron chi connectivity index (χ1n) is 8.67. The summed E-state index contributed by atoms with van der Waals surface area (Å²) in [6.07, 6.45) is 1.49. The molecule has 0 unspecified atom stereocenters. The molecule has 0 radical (unpaired) electrons. The molecule has 24 heavy (non-hydrogen) atoms. The first kappa shape index (κ1) is 19.7. The fourth-order valence-corrected chi connectivity index (χ4v) is 4.11. The van der Waals surface area contributed by atoms with Crippen LogP contribution in [0.4, 0.5) is 5.69 Å². The lowest BCUT2D eigenvalue weighted by Gasteiger charge is -2.38. The van der Waals surface area contributed by atoms with Crippen molar-refractivity contribution in [2.45, 2.75) is 71.6 Å². The van der Waals surface area contributed by atoms with E-state index >= 15 is 0 Å². The number of aryl methyl sites for hydroxylation is 2. The van der Waals surface area contributed by atoms with Crippen LogP contribution < -0.4 is 4.90 Å². The van der Waals surface area contributed by atoms with Gasteiger partial charge in [-0.25, -0.2) is 0 Å². The Morgan fingerprint density at radius 3 is 2.29 bits per heavy atom. The van der Waals surface area contributed by atoms with Crippen LogP contribution >= 0.6 is 15.9 Å². The number of anilines is 1. The fourth-order valence-electron chi connectivity index (χ4n) is 2.84. The molecule has 0 N–H and O–H groups in total. The quantitative estimate of drug-likeness (QED) is 0.604. The van der Waals surface area contributed by atoms with Gasteiger partial charge in [0.1, 0.15) is 0 Å². The molecule has 1 amide bonds. The normalized spacial score (nSPS) is 19.2. The molecule has 1 aliphatic heterocycles. The zero-order valence-corrected chi connectivity index (χ0v) is 18.6. The fraction of sp³-hybridized carbons (Fsp3) is 0.632. The lowest BCUT2D eigenvalue weighted by Crippen LogP contribution is -2.45. The molecule has 1 aliphatic rings. The van der Waals surface area contributed by atoms with Crippen LogP contribution in [0.15, 0.2) is 16.6 Å². The molecule has 0 spiro atoms. The number of carbonyl (C=O) groups is 1. The summed E-state index contributed by atoms with van der Waals surface area (Å²) in [4.78, 5) is 14.4. The number of amides is 1. The Bertz CT molecular complexity index is 614. The zero-order valence-electron chi connectivity index (χ0n) is 16.0. The van der Waals surface area contributed by atoms with E-state index in [1.165, 1.54) is 0 Å². The Balaban J connectivity index is 2.21. The molecule has 134 valence electrons. The Labute approximate surface area is 156 Å². The molecule has 0 bridgehead atoms. The lowest BCUT2D eigenvalue weighted by atomic mass is 10.1. The van der Waals surface area contributed by atoms with Gasteiger partial charge in [0, 0.05) is 16.6 Å². The minimum absolute atomic E-state index is 0.145. The average molecular weight is 412 g/mol. The van der Waals surface area contributed by atoms with Gasteiger partial charge in [0.25, 0.3) is 0 Å². The molecule has 0 saturated carbocycles. The molecule has 0 aliphatic carbocycles. The monoisotopic (exact) mass is 411 g/mol. The van der Waals surface area contributed by atoms with E-state index in [1.807, 2.05) is 4.90 Å². The molecule has 1 heterocycles. The number of carbonyl (C=O) groups excluding carboxylic acids is 1. The van der Waals surface area contributed by atoms with Gasteiger partial charge in [-0.05, 0) is 61.7 Å². The second kappa shape index (κ2) is 6.93. The molecule has 1 aromatic carbocycles. The van der Waals surface area contributed by atoms with Crippen LogP contribution in [0.25, 0.3) is 0 Å².